The van der Waals surface area contributed by atoms with E-state index in [-0.39, 0.29) is 24.0 Å². The summed E-state index contributed by atoms with van der Waals surface area (Å²) in [6, 6.07) is -0.217. The van der Waals surface area contributed by atoms with Crippen molar-refractivity contribution in [2.75, 3.05) is 24.7 Å². The van der Waals surface area contributed by atoms with Crippen LogP contribution in [0.1, 0.15) is 12.6 Å². The third-order valence-electron chi connectivity index (χ3n) is 4.65. The number of nitrogens with zero attached hydrogens (tertiary/aromatic N) is 4. The highest BCUT2D eigenvalue weighted by Crippen LogP contribution is 2.33. The van der Waals surface area contributed by atoms with E-state index in [1.165, 1.54) is 17.2 Å². The zero-order valence-electron chi connectivity index (χ0n) is 14.2. The van der Waals surface area contributed by atoms with Gasteiger partial charge in [-0.05, 0) is 6.42 Å². The van der Waals surface area contributed by atoms with Crippen LogP contribution in [0.5, 0.6) is 0 Å². The summed E-state index contributed by atoms with van der Waals surface area (Å²) in [7, 11) is -3.54. The number of imidazole rings is 1. The summed E-state index contributed by atoms with van der Waals surface area (Å²) in [6.07, 6.45) is -1.72. The summed E-state index contributed by atoms with van der Waals surface area (Å²) in [5, 5.41) is 20.7. The molecule has 4 atom stereocenters. The first-order valence-corrected chi connectivity index (χ1v) is 10.0. The van der Waals surface area contributed by atoms with Crippen molar-refractivity contribution in [3.05, 3.63) is 12.7 Å². The van der Waals surface area contributed by atoms with Crippen molar-refractivity contribution in [3.8, 4) is 0 Å². The van der Waals surface area contributed by atoms with Crippen LogP contribution in [0.25, 0.3) is 11.2 Å². The van der Waals surface area contributed by atoms with E-state index in [0.717, 1.165) is 0 Å². The molecule has 4 heterocycles. The van der Waals surface area contributed by atoms with Crippen molar-refractivity contribution < 1.29 is 28.1 Å². The average Bonchev–Trinajstić information content (AvgIpc) is 3.13. The van der Waals surface area contributed by atoms with Gasteiger partial charge < -0.3 is 25.4 Å². The zero-order valence-corrected chi connectivity index (χ0v) is 15.0. The summed E-state index contributed by atoms with van der Waals surface area (Å²) in [4.78, 5) is 12.0. The number of hydrogen-bond acceptors (Lipinski definition) is 10. The molecule has 4 rings (SSSR count). The molecular formula is C14H20N6O6S. The van der Waals surface area contributed by atoms with Crippen molar-refractivity contribution in [1.29, 1.82) is 0 Å². The molecule has 5 N–H and O–H groups in total. The first-order chi connectivity index (χ1) is 12.9. The Labute approximate surface area is 154 Å². The molecule has 0 amide bonds. The van der Waals surface area contributed by atoms with E-state index < -0.39 is 34.6 Å². The van der Waals surface area contributed by atoms with Gasteiger partial charge in [-0.2, -0.15) is 0 Å². The summed E-state index contributed by atoms with van der Waals surface area (Å²) < 4.78 is 38.8. The van der Waals surface area contributed by atoms with Crippen LogP contribution in [0.15, 0.2) is 12.7 Å². The smallest absolute Gasteiger partial charge is 0.212 e. The number of sulfonamides is 1. The molecule has 0 saturated carbocycles. The van der Waals surface area contributed by atoms with E-state index in [2.05, 4.69) is 19.7 Å². The van der Waals surface area contributed by atoms with Gasteiger partial charge >= 0.3 is 0 Å². The Morgan fingerprint density at radius 1 is 1.26 bits per heavy atom. The maximum absolute atomic E-state index is 12.1. The molecule has 12 nitrogen and oxygen atoms in total. The number of hydrogen-bond donors (Lipinski definition) is 4. The van der Waals surface area contributed by atoms with Gasteiger partial charge in [0.05, 0.1) is 37.4 Å². The van der Waals surface area contributed by atoms with Crippen LogP contribution in [-0.4, -0.2) is 81.5 Å². The van der Waals surface area contributed by atoms with E-state index in [4.69, 9.17) is 15.2 Å². The van der Waals surface area contributed by atoms with Gasteiger partial charge in [-0.3, -0.25) is 4.57 Å². The highest BCUT2D eigenvalue weighted by atomic mass is 32.2. The first kappa shape index (κ1) is 18.5. The number of ether oxygens (including phenoxy) is 2. The minimum absolute atomic E-state index is 0.0153. The lowest BCUT2D eigenvalue weighted by molar-refractivity contribution is -0.0354. The monoisotopic (exact) mass is 400 g/mol. The van der Waals surface area contributed by atoms with Crippen molar-refractivity contribution in [3.63, 3.8) is 0 Å². The molecule has 0 aromatic carbocycles. The zero-order chi connectivity index (χ0) is 19.2. The predicted molar refractivity (Wildman–Crippen MR) is 91.8 cm³/mol. The van der Waals surface area contributed by atoms with E-state index in [9.17, 15) is 18.6 Å². The van der Waals surface area contributed by atoms with Crippen molar-refractivity contribution in [2.45, 2.75) is 37.0 Å². The van der Waals surface area contributed by atoms with Gasteiger partial charge in [0.25, 0.3) is 0 Å². The van der Waals surface area contributed by atoms with E-state index in [1.807, 2.05) is 0 Å². The molecule has 27 heavy (non-hydrogen) atoms. The van der Waals surface area contributed by atoms with Crippen LogP contribution in [-0.2, 0) is 19.5 Å². The van der Waals surface area contributed by atoms with Gasteiger partial charge in [0.1, 0.15) is 24.1 Å². The molecule has 148 valence electrons. The quantitative estimate of drug-likeness (QED) is 0.414. The summed E-state index contributed by atoms with van der Waals surface area (Å²) in [5.41, 5.74) is 6.44. The Kier molecular flexibility index (Phi) is 4.73. The highest BCUT2D eigenvalue weighted by Gasteiger charge is 2.44. The first-order valence-electron chi connectivity index (χ1n) is 8.38. The lowest BCUT2D eigenvalue weighted by atomic mass is 10.1. The van der Waals surface area contributed by atoms with Crippen LogP contribution >= 0.6 is 0 Å². The Hall–Kier alpha value is -1.90. The number of anilines is 1. The van der Waals surface area contributed by atoms with Gasteiger partial charge in [0.2, 0.25) is 10.0 Å². The lowest BCUT2D eigenvalue weighted by Crippen LogP contribution is -2.49. The standard InChI is InChI=1S/C14H20N6O6S/c15-12-9-13(17-5-16-12)20(6-18-9)14-11(22)10(21)8(26-14)1-2-27(23,24)19-7-3-25-4-7/h5-8,10-11,14,19,21-22H,1-4H2,(H2,15,16,17)/t8-,10-,11-,14-/m1/s1. The minimum atomic E-state index is -3.54. The molecule has 2 aliphatic rings. The van der Waals surface area contributed by atoms with Crippen molar-refractivity contribution in [2.24, 2.45) is 0 Å². The fourth-order valence-corrected chi connectivity index (χ4v) is 4.45. The lowest BCUT2D eigenvalue weighted by Gasteiger charge is -2.26. The number of nitrogens with two attached hydrogens (primary N) is 1. The topological polar surface area (TPSA) is 175 Å². The summed E-state index contributed by atoms with van der Waals surface area (Å²) >= 11 is 0. The maximum Gasteiger partial charge on any atom is 0.212 e. The molecular weight excluding hydrogens is 380 g/mol. The maximum atomic E-state index is 12.1. The van der Waals surface area contributed by atoms with E-state index >= 15 is 0 Å². The molecule has 2 aliphatic heterocycles. The summed E-state index contributed by atoms with van der Waals surface area (Å²) in [6.45, 7) is 0.697. The fraction of sp³-hybridized carbons (Fsp3) is 0.643. The van der Waals surface area contributed by atoms with Crippen molar-refractivity contribution >= 4 is 27.0 Å². The number of aliphatic hydroxyl groups is 2. The highest BCUT2D eigenvalue weighted by molar-refractivity contribution is 7.89. The number of fused-ring (bicyclic) bond motifs is 1. The summed E-state index contributed by atoms with van der Waals surface area (Å²) in [5.74, 6) is -0.0646. The largest absolute Gasteiger partial charge is 0.388 e. The van der Waals surface area contributed by atoms with Gasteiger partial charge in [-0.1, -0.05) is 0 Å². The second-order valence-corrected chi connectivity index (χ2v) is 8.46. The minimum Gasteiger partial charge on any atom is -0.388 e. The number of rotatable bonds is 6. The molecule has 2 aromatic heterocycles. The van der Waals surface area contributed by atoms with Gasteiger partial charge in [0.15, 0.2) is 17.7 Å². The third-order valence-corrected chi connectivity index (χ3v) is 6.12. The number of aromatic nitrogens is 4. The molecule has 0 radical (unpaired) electrons. The Morgan fingerprint density at radius 2 is 2.04 bits per heavy atom. The van der Waals surface area contributed by atoms with Crippen LogP contribution in [0, 0.1) is 0 Å². The van der Waals surface area contributed by atoms with Crippen LogP contribution in [0.4, 0.5) is 5.82 Å². The third kappa shape index (κ3) is 3.49. The number of aliphatic hydroxyl groups excluding tert-OH is 2. The fourth-order valence-electron chi connectivity index (χ4n) is 3.14. The molecule has 13 heteroatoms. The molecule has 0 spiro atoms. The molecule has 2 fully saturated rings. The van der Waals surface area contributed by atoms with Crippen LogP contribution in [0.3, 0.4) is 0 Å². The Balaban J connectivity index is 1.46. The molecule has 0 unspecified atom stereocenters. The average molecular weight is 400 g/mol. The van der Waals surface area contributed by atoms with E-state index in [1.54, 1.807) is 0 Å². The second kappa shape index (κ2) is 6.92. The Morgan fingerprint density at radius 3 is 2.74 bits per heavy atom. The van der Waals surface area contributed by atoms with Crippen LogP contribution < -0.4 is 10.5 Å². The normalized spacial score (nSPS) is 29.3. The molecule has 0 bridgehead atoms. The molecule has 2 saturated heterocycles. The Bertz CT molecular complexity index is 931. The van der Waals surface area contributed by atoms with Gasteiger partial charge in [0, 0.05) is 0 Å². The second-order valence-electron chi connectivity index (χ2n) is 6.59. The van der Waals surface area contributed by atoms with Crippen molar-refractivity contribution in [1.82, 2.24) is 24.2 Å². The predicted octanol–water partition coefficient (Wildman–Crippen LogP) is -2.26. The number of nitrogens with one attached hydrogen (secondary N) is 1. The number of nitrogen functional groups attached to an aromatic ring is 1. The van der Waals surface area contributed by atoms with Gasteiger partial charge in [-0.15, -0.1) is 0 Å². The van der Waals surface area contributed by atoms with E-state index in [0.29, 0.717) is 24.4 Å². The molecule has 0 aliphatic carbocycles. The SMILES string of the molecule is Nc1ncnc2c1ncn2[C@@H]1O[C@H](CCS(=O)(=O)NC2COC2)[C@@H](O)[C@H]1O. The molecule has 2 aromatic rings. The van der Waals surface area contributed by atoms with Gasteiger partial charge in [-0.25, -0.2) is 28.1 Å². The van der Waals surface area contributed by atoms with Crippen LogP contribution in [0.2, 0.25) is 0 Å².